The zero-order valence-corrected chi connectivity index (χ0v) is 21.7. The fourth-order valence-electron chi connectivity index (χ4n) is 3.98. The van der Waals surface area contributed by atoms with Crippen molar-refractivity contribution < 1.29 is 19.1 Å². The van der Waals surface area contributed by atoms with E-state index in [1.807, 2.05) is 25.2 Å². The van der Waals surface area contributed by atoms with Gasteiger partial charge >= 0.3 is 5.97 Å². The second-order valence-corrected chi connectivity index (χ2v) is 9.60. The number of hydrogen-bond donors (Lipinski definition) is 1. The monoisotopic (exact) mass is 475 g/mol. The number of nitrogens with one attached hydrogen (secondary N) is 1. The van der Waals surface area contributed by atoms with E-state index in [0.717, 1.165) is 11.1 Å². The number of Topliss-reactive ketones (excluding diaryl/α,β-unsaturated/α-hetero) is 1. The normalized spacial score (nSPS) is 16.6. The topological polar surface area (TPSA) is 72.5 Å². The number of ether oxygens (including phenoxy) is 1. The lowest BCUT2D eigenvalue weighted by Gasteiger charge is -2.32. The molecular formula is C30H37NO4. The van der Waals surface area contributed by atoms with Crippen LogP contribution in [-0.4, -0.2) is 17.7 Å². The van der Waals surface area contributed by atoms with E-state index in [-0.39, 0.29) is 23.5 Å². The van der Waals surface area contributed by atoms with Gasteiger partial charge in [0.05, 0.1) is 0 Å². The highest BCUT2D eigenvalue weighted by Crippen LogP contribution is 2.40. The van der Waals surface area contributed by atoms with Gasteiger partial charge < -0.3 is 10.1 Å². The molecule has 1 aliphatic rings. The number of anilines is 1. The van der Waals surface area contributed by atoms with Crippen molar-refractivity contribution in [2.24, 2.45) is 5.41 Å². The van der Waals surface area contributed by atoms with Crippen LogP contribution in [0.5, 0.6) is 5.75 Å². The largest absolute Gasteiger partial charge is 0.421 e. The highest BCUT2D eigenvalue weighted by molar-refractivity contribution is 6.34. The van der Waals surface area contributed by atoms with Crippen LogP contribution in [0.15, 0.2) is 83.0 Å². The van der Waals surface area contributed by atoms with Crippen molar-refractivity contribution in [3.05, 3.63) is 83.0 Å². The number of ketones is 1. The smallest absolute Gasteiger partial charge is 0.379 e. The maximum Gasteiger partial charge on any atom is 0.379 e. The van der Waals surface area contributed by atoms with E-state index in [9.17, 15) is 14.4 Å². The molecule has 0 heterocycles. The number of rotatable bonds is 9. The molecule has 0 saturated heterocycles. The second-order valence-electron chi connectivity index (χ2n) is 9.60. The molecule has 0 saturated carbocycles. The summed E-state index contributed by atoms with van der Waals surface area (Å²) in [6, 6.07) is 6.28. The zero-order valence-electron chi connectivity index (χ0n) is 21.7. The van der Waals surface area contributed by atoms with E-state index in [0.29, 0.717) is 5.69 Å². The molecule has 1 aliphatic carbocycles. The van der Waals surface area contributed by atoms with Crippen LogP contribution in [0.2, 0.25) is 0 Å². The van der Waals surface area contributed by atoms with Crippen molar-refractivity contribution in [3.8, 4) is 5.75 Å². The van der Waals surface area contributed by atoms with Crippen LogP contribution in [0, 0.1) is 5.41 Å². The quantitative estimate of drug-likeness (QED) is 0.137. The highest BCUT2D eigenvalue weighted by atomic mass is 16.5. The van der Waals surface area contributed by atoms with E-state index in [1.165, 1.54) is 48.6 Å². The van der Waals surface area contributed by atoms with Crippen molar-refractivity contribution in [2.75, 3.05) is 5.32 Å². The number of esters is 1. The zero-order chi connectivity index (χ0) is 26.0. The Labute approximate surface area is 209 Å². The Balaban J connectivity index is 1.92. The predicted molar refractivity (Wildman–Crippen MR) is 142 cm³/mol. The Morgan fingerprint density at radius 1 is 1.06 bits per heavy atom. The van der Waals surface area contributed by atoms with Crippen molar-refractivity contribution in [1.82, 2.24) is 0 Å². The maximum absolute atomic E-state index is 12.3. The average Bonchev–Trinajstić information content (AvgIpc) is 2.78. The summed E-state index contributed by atoms with van der Waals surface area (Å²) in [6.07, 6.45) is 15.5. The molecule has 0 unspecified atom stereocenters. The number of hydrogen-bond acceptors (Lipinski definition) is 4. The van der Waals surface area contributed by atoms with Gasteiger partial charge in [-0.25, -0.2) is 4.79 Å². The first-order valence-electron chi connectivity index (χ1n) is 12.1. The second kappa shape index (κ2) is 12.8. The Kier molecular flexibility index (Phi) is 10.2. The predicted octanol–water partition coefficient (Wildman–Crippen LogP) is 7.04. The molecule has 5 heteroatoms. The third-order valence-electron chi connectivity index (χ3n) is 6.01. The maximum atomic E-state index is 12.3. The van der Waals surface area contributed by atoms with Crippen LogP contribution in [0.1, 0.15) is 67.2 Å². The third-order valence-corrected chi connectivity index (χ3v) is 6.01. The van der Waals surface area contributed by atoms with Gasteiger partial charge in [0, 0.05) is 18.2 Å². The van der Waals surface area contributed by atoms with Gasteiger partial charge in [-0.1, -0.05) is 62.3 Å². The summed E-state index contributed by atoms with van der Waals surface area (Å²) in [6.45, 7) is 12.4. The van der Waals surface area contributed by atoms with Crippen LogP contribution < -0.4 is 10.1 Å². The SMILES string of the molecule is CCC(=O)C(=O)Oc1ccc(NC(=O)C=C(C)C=CC=C(C)C=CC2=C(C)CCCC2(C)C)cc1. The lowest BCUT2D eigenvalue weighted by atomic mass is 9.72. The van der Waals surface area contributed by atoms with Gasteiger partial charge in [0.2, 0.25) is 11.7 Å². The summed E-state index contributed by atoms with van der Waals surface area (Å²) < 4.78 is 4.99. The fraction of sp³-hybridized carbons (Fsp3) is 0.367. The van der Waals surface area contributed by atoms with E-state index in [2.05, 4.69) is 45.2 Å². The molecule has 0 aliphatic heterocycles. The molecule has 1 aromatic carbocycles. The first kappa shape index (κ1) is 27.8. The van der Waals surface area contributed by atoms with Crippen LogP contribution >= 0.6 is 0 Å². The van der Waals surface area contributed by atoms with Gasteiger partial charge in [-0.3, -0.25) is 9.59 Å². The van der Waals surface area contributed by atoms with Gasteiger partial charge in [0.25, 0.3) is 0 Å². The number of carbonyl (C=O) groups is 3. The molecule has 1 N–H and O–H groups in total. The lowest BCUT2D eigenvalue weighted by Crippen LogP contribution is -2.19. The van der Waals surface area contributed by atoms with Crippen LogP contribution in [-0.2, 0) is 14.4 Å². The summed E-state index contributed by atoms with van der Waals surface area (Å²) in [7, 11) is 0. The first-order chi connectivity index (χ1) is 16.5. The van der Waals surface area contributed by atoms with Gasteiger partial charge in [-0.15, -0.1) is 0 Å². The van der Waals surface area contributed by atoms with E-state index >= 15 is 0 Å². The number of amides is 1. The molecule has 35 heavy (non-hydrogen) atoms. The molecule has 5 nitrogen and oxygen atoms in total. The number of allylic oxidation sites excluding steroid dienone is 9. The van der Waals surface area contributed by atoms with Crippen molar-refractivity contribution in [3.63, 3.8) is 0 Å². The molecule has 0 aromatic heterocycles. The summed E-state index contributed by atoms with van der Waals surface area (Å²) in [5, 5.41) is 2.77. The highest BCUT2D eigenvalue weighted by Gasteiger charge is 2.26. The molecule has 1 amide bonds. The number of benzene rings is 1. The van der Waals surface area contributed by atoms with E-state index < -0.39 is 11.8 Å². The Bertz CT molecular complexity index is 1100. The molecular weight excluding hydrogens is 438 g/mol. The van der Waals surface area contributed by atoms with Crippen molar-refractivity contribution in [1.29, 1.82) is 0 Å². The molecule has 0 atom stereocenters. The van der Waals surface area contributed by atoms with E-state index in [1.54, 1.807) is 19.1 Å². The molecule has 1 aromatic rings. The molecule has 0 spiro atoms. The minimum atomic E-state index is -0.889. The van der Waals surface area contributed by atoms with Crippen molar-refractivity contribution >= 4 is 23.3 Å². The molecule has 0 bridgehead atoms. The van der Waals surface area contributed by atoms with Gasteiger partial charge in [0.1, 0.15) is 5.75 Å². The fourth-order valence-corrected chi connectivity index (χ4v) is 3.98. The van der Waals surface area contributed by atoms with Gasteiger partial charge in [0.15, 0.2) is 0 Å². The van der Waals surface area contributed by atoms with Crippen molar-refractivity contribution in [2.45, 2.75) is 67.2 Å². The Morgan fingerprint density at radius 3 is 2.37 bits per heavy atom. The minimum Gasteiger partial charge on any atom is -0.421 e. The van der Waals surface area contributed by atoms with Crippen LogP contribution in [0.4, 0.5) is 5.69 Å². The van der Waals surface area contributed by atoms with E-state index in [4.69, 9.17) is 4.74 Å². The van der Waals surface area contributed by atoms with Crippen LogP contribution in [0.25, 0.3) is 0 Å². The Morgan fingerprint density at radius 2 is 1.74 bits per heavy atom. The van der Waals surface area contributed by atoms with Crippen LogP contribution in [0.3, 0.4) is 0 Å². The summed E-state index contributed by atoms with van der Waals surface area (Å²) in [4.78, 5) is 35.2. The minimum absolute atomic E-state index is 0.0927. The molecule has 2 rings (SSSR count). The molecule has 0 fully saturated rings. The number of carbonyl (C=O) groups excluding carboxylic acids is 3. The summed E-state index contributed by atoms with van der Waals surface area (Å²) in [5.41, 5.74) is 5.65. The Hall–Kier alpha value is -3.47. The lowest BCUT2D eigenvalue weighted by molar-refractivity contribution is -0.146. The molecule has 186 valence electrons. The molecule has 0 radical (unpaired) electrons. The van der Waals surface area contributed by atoms with Gasteiger partial charge in [-0.05, 0) is 80.9 Å². The average molecular weight is 476 g/mol. The first-order valence-corrected chi connectivity index (χ1v) is 12.1. The summed E-state index contributed by atoms with van der Waals surface area (Å²) >= 11 is 0. The van der Waals surface area contributed by atoms with Gasteiger partial charge in [-0.2, -0.15) is 0 Å². The third kappa shape index (κ3) is 9.01. The summed E-state index contributed by atoms with van der Waals surface area (Å²) in [5.74, 6) is -1.49. The standard InChI is InChI=1S/C30H37NO4/c1-7-27(32)29(34)35-25-16-14-24(15-17-25)31-28(33)20-22(3)11-8-10-21(2)13-18-26-23(4)12-9-19-30(26,5)6/h8,10-11,13-18,20H,7,9,12,19H2,1-6H3,(H,31,33).